The van der Waals surface area contributed by atoms with E-state index in [-0.39, 0.29) is 5.97 Å². The van der Waals surface area contributed by atoms with Gasteiger partial charge in [0.15, 0.2) is 0 Å². The molecule has 0 N–H and O–H groups in total. The second-order valence-electron chi connectivity index (χ2n) is 4.01. The summed E-state index contributed by atoms with van der Waals surface area (Å²) in [5.74, 6) is -0.329. The Hall–Kier alpha value is -2.87. The summed E-state index contributed by atoms with van der Waals surface area (Å²) in [4.78, 5) is 9.75. The van der Waals surface area contributed by atoms with Crippen molar-refractivity contribution in [3.05, 3.63) is 97.8 Å². The Labute approximate surface area is 133 Å². The zero-order valence-electron chi connectivity index (χ0n) is 12.9. The third-order valence-corrected chi connectivity index (χ3v) is 2.32. The molecule has 2 aromatic rings. The third-order valence-electron chi connectivity index (χ3n) is 2.32. The van der Waals surface area contributed by atoms with Crippen LogP contribution in [0, 0.1) is 0 Å². The number of carbonyl (C=O) groups excluding carboxylic acids is 1. The molecule has 0 aliphatic rings. The quantitative estimate of drug-likeness (QED) is 0.563. The van der Waals surface area contributed by atoms with Crippen molar-refractivity contribution >= 4 is 18.1 Å². The third kappa shape index (κ3) is 11.0. The van der Waals surface area contributed by atoms with Gasteiger partial charge in [-0.25, -0.2) is 0 Å². The largest absolute Gasteiger partial charge is 0.435 e. The summed E-state index contributed by atoms with van der Waals surface area (Å²) >= 11 is 0. The van der Waals surface area contributed by atoms with Crippen LogP contribution in [0.4, 0.5) is 0 Å². The Balaban J connectivity index is 0.000000306. The minimum absolute atomic E-state index is 0.329. The highest BCUT2D eigenvalue weighted by Gasteiger charge is 1.79. The van der Waals surface area contributed by atoms with Crippen molar-refractivity contribution in [3.63, 3.8) is 0 Å². The van der Waals surface area contributed by atoms with E-state index in [1.54, 1.807) is 0 Å². The van der Waals surface area contributed by atoms with Crippen molar-refractivity contribution < 1.29 is 9.53 Å². The van der Waals surface area contributed by atoms with Crippen molar-refractivity contribution in [2.24, 2.45) is 0 Å². The molecule has 2 aromatic carbocycles. The van der Waals surface area contributed by atoms with E-state index in [4.69, 9.17) is 0 Å². The summed E-state index contributed by atoms with van der Waals surface area (Å²) < 4.78 is 4.17. The van der Waals surface area contributed by atoms with E-state index in [1.807, 2.05) is 72.8 Å². The summed E-state index contributed by atoms with van der Waals surface area (Å²) in [5.41, 5.74) is 2.35. The first-order valence-electron chi connectivity index (χ1n) is 6.77. The van der Waals surface area contributed by atoms with E-state index >= 15 is 0 Å². The van der Waals surface area contributed by atoms with Crippen molar-refractivity contribution in [2.45, 2.75) is 6.92 Å². The zero-order chi connectivity index (χ0) is 16.6. The first-order chi connectivity index (χ1) is 10.6. The topological polar surface area (TPSA) is 26.3 Å². The van der Waals surface area contributed by atoms with Gasteiger partial charge in [-0.1, -0.05) is 92.6 Å². The van der Waals surface area contributed by atoms with E-state index in [9.17, 15) is 4.79 Å². The Kier molecular flexibility index (Phi) is 11.4. The van der Waals surface area contributed by atoms with Gasteiger partial charge >= 0.3 is 5.97 Å². The van der Waals surface area contributed by atoms with Crippen LogP contribution in [0.3, 0.4) is 0 Å². The molecule has 0 radical (unpaired) electrons. The molecule has 0 bridgehead atoms. The lowest BCUT2D eigenvalue weighted by Gasteiger charge is -1.85. The highest BCUT2D eigenvalue weighted by atomic mass is 16.5. The van der Waals surface area contributed by atoms with Crippen LogP contribution >= 0.6 is 0 Å². The molecule has 0 aliphatic carbocycles. The van der Waals surface area contributed by atoms with E-state index in [0.29, 0.717) is 0 Å². The fourth-order valence-corrected chi connectivity index (χ4v) is 1.30. The smallest absolute Gasteiger partial charge is 0.307 e. The second kappa shape index (κ2) is 13.1. The van der Waals surface area contributed by atoms with Gasteiger partial charge in [0.05, 0.1) is 6.26 Å². The van der Waals surface area contributed by atoms with Crippen molar-refractivity contribution in [1.29, 1.82) is 0 Å². The molecule has 2 rings (SSSR count). The van der Waals surface area contributed by atoms with Gasteiger partial charge < -0.3 is 4.74 Å². The number of ether oxygens (including phenoxy) is 1. The molecule has 0 saturated carbocycles. The monoisotopic (exact) mass is 294 g/mol. The normalized spacial score (nSPS) is 8.05. The first kappa shape index (κ1) is 19.1. The maximum atomic E-state index is 9.75. The van der Waals surface area contributed by atoms with Crippen LogP contribution in [0.15, 0.2) is 86.7 Å². The molecule has 0 aliphatic heterocycles. The Bertz CT molecular complexity index is 513. The fourth-order valence-electron chi connectivity index (χ4n) is 1.30. The average molecular weight is 294 g/mol. The summed E-state index contributed by atoms with van der Waals surface area (Å²) in [6.45, 7) is 11.7. The van der Waals surface area contributed by atoms with Crippen LogP contribution in [-0.2, 0) is 9.53 Å². The molecule has 0 saturated heterocycles. The minimum Gasteiger partial charge on any atom is -0.435 e. The van der Waals surface area contributed by atoms with Crippen LogP contribution in [0.2, 0.25) is 0 Å². The SMILES string of the molecule is C=COC(C)=O.C=Cc1ccccc1.C=Cc1ccccc1. The molecule has 0 aromatic heterocycles. The molecule has 0 spiro atoms. The zero-order valence-corrected chi connectivity index (χ0v) is 12.9. The molecular weight excluding hydrogens is 272 g/mol. The number of benzene rings is 2. The molecule has 0 atom stereocenters. The van der Waals surface area contributed by atoms with Crippen LogP contribution in [0.1, 0.15) is 18.1 Å². The molecule has 0 amide bonds. The molecule has 114 valence electrons. The van der Waals surface area contributed by atoms with Crippen molar-refractivity contribution in [3.8, 4) is 0 Å². The molecule has 0 unspecified atom stereocenters. The molecule has 0 fully saturated rings. The summed E-state index contributed by atoms with van der Waals surface area (Å²) in [6, 6.07) is 20.1. The molecule has 2 nitrogen and oxygen atoms in total. The maximum Gasteiger partial charge on any atom is 0.307 e. The highest BCUT2D eigenvalue weighted by molar-refractivity contribution is 5.66. The van der Waals surface area contributed by atoms with Gasteiger partial charge in [0.2, 0.25) is 0 Å². The van der Waals surface area contributed by atoms with Gasteiger partial charge in [0, 0.05) is 6.92 Å². The number of rotatable bonds is 3. The van der Waals surface area contributed by atoms with E-state index in [1.165, 1.54) is 18.1 Å². The number of esters is 1. The maximum absolute atomic E-state index is 9.75. The van der Waals surface area contributed by atoms with E-state index < -0.39 is 0 Å². The fraction of sp³-hybridized carbons (Fsp3) is 0.0500. The van der Waals surface area contributed by atoms with Crippen LogP contribution in [0.25, 0.3) is 12.2 Å². The average Bonchev–Trinajstić information content (AvgIpc) is 2.57. The van der Waals surface area contributed by atoms with E-state index in [2.05, 4.69) is 24.5 Å². The van der Waals surface area contributed by atoms with Crippen molar-refractivity contribution in [1.82, 2.24) is 0 Å². The van der Waals surface area contributed by atoms with Crippen LogP contribution in [-0.4, -0.2) is 5.97 Å². The van der Waals surface area contributed by atoms with Gasteiger partial charge in [0.1, 0.15) is 0 Å². The predicted octanol–water partition coefficient (Wildman–Crippen LogP) is 5.35. The van der Waals surface area contributed by atoms with Gasteiger partial charge in [-0.3, -0.25) is 4.79 Å². The molecule has 2 heteroatoms. The van der Waals surface area contributed by atoms with Gasteiger partial charge in [-0.05, 0) is 11.1 Å². The first-order valence-corrected chi connectivity index (χ1v) is 6.77. The molecule has 22 heavy (non-hydrogen) atoms. The lowest BCUT2D eigenvalue weighted by molar-refractivity contribution is -0.135. The number of carbonyl (C=O) groups is 1. The summed E-state index contributed by atoms with van der Waals surface area (Å²) in [7, 11) is 0. The molecule has 0 heterocycles. The van der Waals surface area contributed by atoms with Crippen LogP contribution < -0.4 is 0 Å². The number of hydrogen-bond donors (Lipinski definition) is 0. The summed E-state index contributed by atoms with van der Waals surface area (Å²) in [5, 5.41) is 0. The Morgan fingerprint density at radius 1 is 0.818 bits per heavy atom. The second-order valence-corrected chi connectivity index (χ2v) is 4.01. The van der Waals surface area contributed by atoms with Crippen LogP contribution in [0.5, 0.6) is 0 Å². The number of hydrogen-bond acceptors (Lipinski definition) is 2. The lowest BCUT2D eigenvalue weighted by atomic mass is 10.2. The van der Waals surface area contributed by atoms with E-state index in [0.717, 1.165) is 6.26 Å². The van der Waals surface area contributed by atoms with Crippen molar-refractivity contribution in [2.75, 3.05) is 0 Å². The van der Waals surface area contributed by atoms with Gasteiger partial charge in [0.25, 0.3) is 0 Å². The van der Waals surface area contributed by atoms with Gasteiger partial charge in [-0.2, -0.15) is 0 Å². The standard InChI is InChI=1S/2C8H8.C4H6O2/c2*1-2-8-6-4-3-5-7-8;1-3-6-4(2)5/h2*2-7H,1H2;3H,1H2,2H3. The highest BCUT2D eigenvalue weighted by Crippen LogP contribution is 1.98. The summed E-state index contributed by atoms with van der Waals surface area (Å²) in [6.07, 6.45) is 4.77. The Morgan fingerprint density at radius 3 is 1.32 bits per heavy atom. The predicted molar refractivity (Wildman–Crippen MR) is 95.0 cm³/mol. The lowest BCUT2D eigenvalue weighted by Crippen LogP contribution is -1.87. The van der Waals surface area contributed by atoms with Gasteiger partial charge in [-0.15, -0.1) is 0 Å². The Morgan fingerprint density at radius 2 is 1.18 bits per heavy atom. The molecular formula is C20H22O2. The minimum atomic E-state index is -0.329.